The Bertz CT molecular complexity index is 877. The van der Waals surface area contributed by atoms with Gasteiger partial charge in [0, 0.05) is 38.3 Å². The number of anilines is 1. The molecule has 0 saturated heterocycles. The standard InChI is InChI=1S/C18H17BN4/c1-22-12-13-6-2-3-7-14(13)18-17(20-21-23(18)11-10-19)15-8-4-5-9-16(15)22/h2-9H,10-12H2,1H3/i1T. The van der Waals surface area contributed by atoms with Crippen molar-refractivity contribution in [1.29, 1.82) is 0 Å². The van der Waals surface area contributed by atoms with Crippen molar-refractivity contribution in [2.75, 3.05) is 11.9 Å². The number of para-hydroxylation sites is 1. The van der Waals surface area contributed by atoms with Crippen LogP contribution in [0, 0.1) is 0 Å². The van der Waals surface area contributed by atoms with E-state index in [-0.39, 0.29) is 7.02 Å². The molecule has 5 heteroatoms. The van der Waals surface area contributed by atoms with E-state index in [1.165, 1.54) is 5.56 Å². The average Bonchev–Trinajstić information content (AvgIpc) is 3.02. The summed E-state index contributed by atoms with van der Waals surface area (Å²) in [7, 11) is 5.95. The van der Waals surface area contributed by atoms with Gasteiger partial charge in [0.1, 0.15) is 5.69 Å². The lowest BCUT2D eigenvalue weighted by Gasteiger charge is -2.26. The molecule has 0 bridgehead atoms. The molecule has 112 valence electrons. The van der Waals surface area contributed by atoms with Gasteiger partial charge in [-0.15, -0.1) is 5.10 Å². The highest BCUT2D eigenvalue weighted by Crippen LogP contribution is 2.40. The number of hydrogen-bond acceptors (Lipinski definition) is 3. The maximum atomic E-state index is 7.96. The van der Waals surface area contributed by atoms with E-state index < -0.39 is 0 Å². The second kappa shape index (κ2) is 5.58. The first-order chi connectivity index (χ1) is 11.8. The molecule has 0 saturated carbocycles. The van der Waals surface area contributed by atoms with Crippen molar-refractivity contribution in [2.45, 2.75) is 19.4 Å². The molecule has 0 fully saturated rings. The van der Waals surface area contributed by atoms with Gasteiger partial charge in [-0.05, 0) is 11.6 Å². The van der Waals surface area contributed by atoms with Crippen LogP contribution in [0.4, 0.5) is 5.69 Å². The Balaban J connectivity index is 2.05. The summed E-state index contributed by atoms with van der Waals surface area (Å²) >= 11 is 0. The zero-order valence-electron chi connectivity index (χ0n) is 13.8. The van der Waals surface area contributed by atoms with Crippen LogP contribution in [0.15, 0.2) is 48.5 Å². The lowest BCUT2D eigenvalue weighted by atomic mass is 9.95. The summed E-state index contributed by atoms with van der Waals surface area (Å²) in [6.45, 7) is 1.31. The smallest absolute Gasteiger partial charge is 0.123 e. The molecule has 2 heterocycles. The zero-order valence-corrected chi connectivity index (χ0v) is 12.8. The normalized spacial score (nSPS) is 13.4. The van der Waals surface area contributed by atoms with Gasteiger partial charge < -0.3 is 4.90 Å². The third-order valence-electron chi connectivity index (χ3n) is 4.21. The Morgan fingerprint density at radius 3 is 2.74 bits per heavy atom. The number of fused-ring (bicyclic) bond motifs is 5. The molecule has 23 heavy (non-hydrogen) atoms. The third-order valence-corrected chi connectivity index (χ3v) is 4.21. The number of aromatic nitrogens is 3. The van der Waals surface area contributed by atoms with Crippen molar-refractivity contribution < 1.29 is 1.37 Å². The molecule has 1 aliphatic rings. The van der Waals surface area contributed by atoms with E-state index in [1.807, 2.05) is 41.1 Å². The summed E-state index contributed by atoms with van der Waals surface area (Å²) < 4.78 is 9.85. The predicted octanol–water partition coefficient (Wildman–Crippen LogP) is 3.15. The maximum Gasteiger partial charge on any atom is 0.123 e. The highest BCUT2D eigenvalue weighted by Gasteiger charge is 2.24. The van der Waals surface area contributed by atoms with Gasteiger partial charge >= 0.3 is 0 Å². The van der Waals surface area contributed by atoms with Gasteiger partial charge in [0.15, 0.2) is 0 Å². The molecule has 0 unspecified atom stereocenters. The van der Waals surface area contributed by atoms with Crippen molar-refractivity contribution in [3.05, 3.63) is 54.1 Å². The van der Waals surface area contributed by atoms with Gasteiger partial charge in [-0.2, -0.15) is 0 Å². The van der Waals surface area contributed by atoms with Gasteiger partial charge in [0.05, 0.1) is 13.5 Å². The van der Waals surface area contributed by atoms with Crippen molar-refractivity contribution in [2.24, 2.45) is 0 Å². The summed E-state index contributed by atoms with van der Waals surface area (Å²) in [5.74, 6) is 0. The number of hydrogen-bond donors (Lipinski definition) is 0. The lowest BCUT2D eigenvalue weighted by molar-refractivity contribution is 0.632. The van der Waals surface area contributed by atoms with Crippen LogP contribution in [0.25, 0.3) is 22.5 Å². The Morgan fingerprint density at radius 1 is 1.13 bits per heavy atom. The van der Waals surface area contributed by atoms with Crippen LogP contribution in [0.2, 0.25) is 6.32 Å². The van der Waals surface area contributed by atoms with Crippen LogP contribution in [-0.4, -0.2) is 29.9 Å². The van der Waals surface area contributed by atoms with E-state index in [1.54, 1.807) is 0 Å². The van der Waals surface area contributed by atoms with Crippen LogP contribution in [0.1, 0.15) is 6.93 Å². The summed E-state index contributed by atoms with van der Waals surface area (Å²) in [4.78, 5) is 2.05. The molecule has 0 spiro atoms. The number of rotatable bonds is 2. The highest BCUT2D eigenvalue weighted by atomic mass is 15.4. The first-order valence-corrected chi connectivity index (χ1v) is 7.69. The summed E-state index contributed by atoms with van der Waals surface area (Å²) in [6, 6.07) is 16.4. The molecule has 4 rings (SSSR count). The fourth-order valence-corrected chi connectivity index (χ4v) is 3.17. The first kappa shape index (κ1) is 12.9. The molecule has 2 radical (unpaired) electrons. The van der Waals surface area contributed by atoms with Crippen LogP contribution >= 0.6 is 0 Å². The van der Waals surface area contributed by atoms with E-state index in [4.69, 9.17) is 9.22 Å². The Labute approximate surface area is 138 Å². The fraction of sp³-hybridized carbons (Fsp3) is 0.222. The molecule has 3 aromatic rings. The van der Waals surface area contributed by atoms with Crippen LogP contribution in [-0.2, 0) is 13.1 Å². The largest absolute Gasteiger partial charge is 0.370 e. The quantitative estimate of drug-likeness (QED) is 0.682. The molecular weight excluding hydrogens is 283 g/mol. The maximum absolute atomic E-state index is 7.96. The SMILES string of the molecule is [3H]CN1Cc2ccccc2-c2c(nnn2CC[B])-c2ccccc21. The van der Waals surface area contributed by atoms with E-state index in [9.17, 15) is 0 Å². The monoisotopic (exact) mass is 302 g/mol. The fourth-order valence-electron chi connectivity index (χ4n) is 3.17. The van der Waals surface area contributed by atoms with Gasteiger partial charge in [-0.25, -0.2) is 4.68 Å². The van der Waals surface area contributed by atoms with Crippen molar-refractivity contribution >= 4 is 13.5 Å². The summed E-state index contributed by atoms with van der Waals surface area (Å²) in [5, 5.41) is 8.80. The minimum absolute atomic E-state index is 0.192. The molecule has 1 aliphatic heterocycles. The van der Waals surface area contributed by atoms with E-state index in [2.05, 4.69) is 27.3 Å². The summed E-state index contributed by atoms with van der Waals surface area (Å²) in [5.41, 5.74) is 6.17. The third kappa shape index (κ3) is 2.24. The van der Waals surface area contributed by atoms with E-state index in [0.29, 0.717) is 19.4 Å². The number of benzene rings is 2. The predicted molar refractivity (Wildman–Crippen MR) is 93.6 cm³/mol. The minimum Gasteiger partial charge on any atom is -0.370 e. The van der Waals surface area contributed by atoms with Crippen molar-refractivity contribution in [1.82, 2.24) is 15.0 Å². The van der Waals surface area contributed by atoms with E-state index in [0.717, 1.165) is 28.2 Å². The van der Waals surface area contributed by atoms with Crippen molar-refractivity contribution in [3.63, 3.8) is 0 Å². The van der Waals surface area contributed by atoms with Crippen LogP contribution in [0.3, 0.4) is 0 Å². The Hall–Kier alpha value is -2.56. The number of nitrogens with zero attached hydrogens (tertiary/aromatic N) is 4. The van der Waals surface area contributed by atoms with Crippen LogP contribution < -0.4 is 4.90 Å². The minimum atomic E-state index is 0.192. The molecule has 2 aromatic carbocycles. The first-order valence-electron chi connectivity index (χ1n) is 8.39. The molecular formula is C18H17BN4. The zero-order chi connectivity index (χ0) is 16.5. The van der Waals surface area contributed by atoms with Gasteiger partial charge in [0.2, 0.25) is 0 Å². The molecule has 1 aromatic heterocycles. The van der Waals surface area contributed by atoms with Gasteiger partial charge in [-0.3, -0.25) is 0 Å². The molecule has 0 amide bonds. The van der Waals surface area contributed by atoms with Crippen molar-refractivity contribution in [3.8, 4) is 22.5 Å². The molecule has 0 N–H and O–H groups in total. The second-order valence-corrected chi connectivity index (χ2v) is 5.67. The topological polar surface area (TPSA) is 34.0 Å². The molecule has 4 nitrogen and oxygen atoms in total. The Kier molecular flexibility index (Phi) is 3.14. The second-order valence-electron chi connectivity index (χ2n) is 5.67. The lowest BCUT2D eigenvalue weighted by Crippen LogP contribution is -2.19. The summed E-state index contributed by atoms with van der Waals surface area (Å²) in [6.07, 6.45) is 0.512. The average molecular weight is 302 g/mol. The van der Waals surface area contributed by atoms with Crippen LogP contribution in [0.5, 0.6) is 0 Å². The molecule has 0 atom stereocenters. The Morgan fingerprint density at radius 2 is 1.91 bits per heavy atom. The number of aryl methyl sites for hydroxylation is 1. The van der Waals surface area contributed by atoms with Gasteiger partial charge in [0.25, 0.3) is 0 Å². The van der Waals surface area contributed by atoms with E-state index >= 15 is 0 Å². The van der Waals surface area contributed by atoms with Gasteiger partial charge in [-0.1, -0.05) is 54.0 Å². The molecule has 0 aliphatic carbocycles. The highest BCUT2D eigenvalue weighted by molar-refractivity contribution is 6.08.